The molecule has 1 aromatic heterocycles. The summed E-state index contributed by atoms with van der Waals surface area (Å²) in [4.78, 5) is 4.72. The van der Waals surface area contributed by atoms with Crippen LogP contribution in [0.4, 0.5) is 0 Å². The van der Waals surface area contributed by atoms with Crippen LogP contribution < -0.4 is 5.73 Å². The Kier molecular flexibility index (Phi) is 2.92. The maximum Gasteiger partial charge on any atom is 0.230 e. The normalized spacial score (nSPS) is 44.1. The van der Waals surface area contributed by atoms with E-state index in [9.17, 15) is 0 Å². The summed E-state index contributed by atoms with van der Waals surface area (Å²) in [5.74, 6) is 4.48. The van der Waals surface area contributed by atoms with Crippen LogP contribution in [0.5, 0.6) is 0 Å². The van der Waals surface area contributed by atoms with Crippen molar-refractivity contribution in [3.8, 4) is 0 Å². The lowest BCUT2D eigenvalue weighted by Gasteiger charge is -2.33. The Bertz CT molecular complexity index is 488. The molecule has 4 atom stereocenters. The molecule has 3 saturated carbocycles. The molecule has 0 bridgehead atoms. The summed E-state index contributed by atoms with van der Waals surface area (Å²) in [6.07, 6.45) is 9.87. The molecule has 4 nitrogen and oxygen atoms in total. The van der Waals surface area contributed by atoms with Gasteiger partial charge in [0.1, 0.15) is 0 Å². The quantitative estimate of drug-likeness (QED) is 0.899. The van der Waals surface area contributed by atoms with Crippen molar-refractivity contribution in [2.24, 2.45) is 23.5 Å². The minimum Gasteiger partial charge on any atom is -0.339 e. The molecule has 0 spiro atoms. The smallest absolute Gasteiger partial charge is 0.230 e. The molecule has 20 heavy (non-hydrogen) atoms. The van der Waals surface area contributed by atoms with Crippen molar-refractivity contribution in [2.75, 3.05) is 0 Å². The summed E-state index contributed by atoms with van der Waals surface area (Å²) in [7, 11) is 0. The Hall–Kier alpha value is -0.900. The van der Waals surface area contributed by atoms with Gasteiger partial charge in [-0.1, -0.05) is 37.8 Å². The van der Waals surface area contributed by atoms with Crippen LogP contribution in [0.3, 0.4) is 0 Å². The molecule has 3 fully saturated rings. The van der Waals surface area contributed by atoms with E-state index < -0.39 is 0 Å². The highest BCUT2D eigenvalue weighted by atomic mass is 16.5. The fourth-order valence-corrected chi connectivity index (χ4v) is 4.73. The second kappa shape index (κ2) is 4.55. The molecule has 0 aliphatic heterocycles. The number of fused-ring (bicyclic) bond motifs is 1. The molecule has 110 valence electrons. The van der Waals surface area contributed by atoms with Crippen molar-refractivity contribution >= 4 is 0 Å². The van der Waals surface area contributed by atoms with Crippen LogP contribution in [-0.2, 0) is 5.54 Å². The lowest BCUT2D eigenvalue weighted by molar-refractivity contribution is 0.221. The molecule has 0 radical (unpaired) electrons. The van der Waals surface area contributed by atoms with Crippen LogP contribution in [0.15, 0.2) is 4.52 Å². The van der Waals surface area contributed by atoms with E-state index in [1.54, 1.807) is 0 Å². The van der Waals surface area contributed by atoms with Gasteiger partial charge in [0.25, 0.3) is 0 Å². The summed E-state index contributed by atoms with van der Waals surface area (Å²) >= 11 is 0. The monoisotopic (exact) mass is 275 g/mol. The van der Waals surface area contributed by atoms with Gasteiger partial charge in [0.2, 0.25) is 5.89 Å². The van der Waals surface area contributed by atoms with E-state index in [1.165, 1.54) is 38.5 Å². The third-order valence-corrected chi connectivity index (χ3v) is 5.86. The largest absolute Gasteiger partial charge is 0.339 e. The van der Waals surface area contributed by atoms with Gasteiger partial charge in [-0.15, -0.1) is 0 Å². The SMILES string of the molecule is CC1CCCC(N)(c2noc(C3C4CCCCC43)n2)C1. The zero-order valence-electron chi connectivity index (χ0n) is 12.3. The molecule has 3 aliphatic rings. The summed E-state index contributed by atoms with van der Waals surface area (Å²) in [6, 6.07) is 0. The average molecular weight is 275 g/mol. The van der Waals surface area contributed by atoms with Gasteiger partial charge in [0, 0.05) is 5.92 Å². The molecule has 0 saturated heterocycles. The summed E-state index contributed by atoms with van der Waals surface area (Å²) in [5, 5.41) is 4.25. The molecular formula is C16H25N3O. The maximum absolute atomic E-state index is 6.57. The number of nitrogens with two attached hydrogens (primary N) is 1. The van der Waals surface area contributed by atoms with Crippen molar-refractivity contribution in [3.05, 3.63) is 11.7 Å². The lowest BCUT2D eigenvalue weighted by atomic mass is 9.76. The minimum atomic E-state index is -0.348. The van der Waals surface area contributed by atoms with E-state index in [2.05, 4.69) is 12.1 Å². The van der Waals surface area contributed by atoms with E-state index in [0.29, 0.717) is 11.8 Å². The van der Waals surface area contributed by atoms with Gasteiger partial charge < -0.3 is 10.3 Å². The van der Waals surface area contributed by atoms with Gasteiger partial charge in [0.05, 0.1) is 5.54 Å². The third kappa shape index (κ3) is 2.00. The van der Waals surface area contributed by atoms with Crippen LogP contribution >= 0.6 is 0 Å². The van der Waals surface area contributed by atoms with Crippen LogP contribution in [-0.4, -0.2) is 10.1 Å². The number of aromatic nitrogens is 2. The third-order valence-electron chi connectivity index (χ3n) is 5.86. The van der Waals surface area contributed by atoms with Gasteiger partial charge in [-0.25, -0.2) is 0 Å². The summed E-state index contributed by atoms with van der Waals surface area (Å²) in [6.45, 7) is 2.28. The Morgan fingerprint density at radius 1 is 1.15 bits per heavy atom. The fraction of sp³-hybridized carbons (Fsp3) is 0.875. The van der Waals surface area contributed by atoms with Crippen molar-refractivity contribution in [3.63, 3.8) is 0 Å². The standard InChI is InChI=1S/C16H25N3O/c1-10-5-4-8-16(17,9-10)15-18-14(20-19-15)13-11-6-2-3-7-12(11)13/h10-13H,2-9,17H2,1H3. The number of nitrogens with zero attached hydrogens (tertiary/aromatic N) is 2. The summed E-state index contributed by atoms with van der Waals surface area (Å²) < 4.78 is 5.59. The Balaban J connectivity index is 1.53. The molecule has 0 aromatic carbocycles. The Morgan fingerprint density at radius 2 is 1.90 bits per heavy atom. The van der Waals surface area contributed by atoms with Gasteiger partial charge in [-0.05, 0) is 43.4 Å². The van der Waals surface area contributed by atoms with Crippen LogP contribution in [0.1, 0.15) is 75.9 Å². The first-order valence-corrected chi connectivity index (χ1v) is 8.30. The topological polar surface area (TPSA) is 64.9 Å². The predicted molar refractivity (Wildman–Crippen MR) is 76.0 cm³/mol. The van der Waals surface area contributed by atoms with Crippen molar-refractivity contribution in [1.82, 2.24) is 10.1 Å². The molecule has 1 aromatic rings. The molecule has 2 N–H and O–H groups in total. The lowest BCUT2D eigenvalue weighted by Crippen LogP contribution is -2.42. The maximum atomic E-state index is 6.57. The molecule has 4 unspecified atom stereocenters. The highest BCUT2D eigenvalue weighted by Gasteiger charge is 2.54. The number of hydrogen-bond acceptors (Lipinski definition) is 4. The molecule has 1 heterocycles. The minimum absolute atomic E-state index is 0.348. The Morgan fingerprint density at radius 3 is 2.60 bits per heavy atom. The Labute approximate surface area is 120 Å². The highest BCUT2D eigenvalue weighted by molar-refractivity contribution is 5.16. The average Bonchev–Trinajstić information content (AvgIpc) is 2.94. The zero-order valence-corrected chi connectivity index (χ0v) is 12.3. The molecule has 4 rings (SSSR count). The first-order chi connectivity index (χ1) is 9.67. The van der Waals surface area contributed by atoms with Gasteiger partial charge in [0.15, 0.2) is 5.82 Å². The van der Waals surface area contributed by atoms with Gasteiger partial charge in [-0.3, -0.25) is 0 Å². The first-order valence-electron chi connectivity index (χ1n) is 8.30. The molecular weight excluding hydrogens is 250 g/mol. The fourth-order valence-electron chi connectivity index (χ4n) is 4.73. The second-order valence-electron chi connectivity index (χ2n) is 7.45. The molecule has 4 heteroatoms. The van der Waals surface area contributed by atoms with Crippen molar-refractivity contribution in [1.29, 1.82) is 0 Å². The molecule has 0 amide bonds. The van der Waals surface area contributed by atoms with E-state index >= 15 is 0 Å². The summed E-state index contributed by atoms with van der Waals surface area (Å²) in [5.41, 5.74) is 6.22. The van der Waals surface area contributed by atoms with Crippen molar-refractivity contribution in [2.45, 2.75) is 69.7 Å². The van der Waals surface area contributed by atoms with E-state index in [4.69, 9.17) is 15.2 Å². The number of hydrogen-bond donors (Lipinski definition) is 1. The van der Waals surface area contributed by atoms with Crippen molar-refractivity contribution < 1.29 is 4.52 Å². The van der Waals surface area contributed by atoms with Crippen LogP contribution in [0.25, 0.3) is 0 Å². The predicted octanol–water partition coefficient (Wildman–Crippen LogP) is 3.34. The second-order valence-corrected chi connectivity index (χ2v) is 7.45. The van der Waals surface area contributed by atoms with Gasteiger partial charge in [-0.2, -0.15) is 4.98 Å². The van der Waals surface area contributed by atoms with E-state index in [1.807, 2.05) is 0 Å². The van der Waals surface area contributed by atoms with E-state index in [-0.39, 0.29) is 5.54 Å². The van der Waals surface area contributed by atoms with Crippen LogP contribution in [0, 0.1) is 17.8 Å². The highest BCUT2D eigenvalue weighted by Crippen LogP contribution is 2.60. The van der Waals surface area contributed by atoms with E-state index in [0.717, 1.165) is 36.4 Å². The zero-order chi connectivity index (χ0) is 13.7. The van der Waals surface area contributed by atoms with Gasteiger partial charge >= 0.3 is 0 Å². The number of rotatable bonds is 2. The molecule has 3 aliphatic carbocycles. The van der Waals surface area contributed by atoms with Crippen LogP contribution in [0.2, 0.25) is 0 Å². The first kappa shape index (κ1) is 12.8.